The Morgan fingerprint density at radius 3 is 2.52 bits per heavy atom. The van der Waals surface area contributed by atoms with Crippen LogP contribution in [0.1, 0.15) is 40.2 Å². The second-order valence-electron chi connectivity index (χ2n) is 8.42. The maximum Gasteiger partial charge on any atom is 0.346 e. The summed E-state index contributed by atoms with van der Waals surface area (Å²) in [5.74, 6) is 0.694. The lowest BCUT2D eigenvalue weighted by atomic mass is 9.81. The lowest BCUT2D eigenvalue weighted by molar-refractivity contribution is -0.224. The topological polar surface area (TPSA) is 93.2 Å². The number of carbonyl (C=O) groups excluding carboxylic acids is 2. The Hall–Kier alpha value is -2.31. The lowest BCUT2D eigenvalue weighted by Crippen LogP contribution is -2.53. The Morgan fingerprint density at radius 2 is 1.94 bits per heavy atom. The van der Waals surface area contributed by atoms with Gasteiger partial charge in [0.05, 0.1) is 18.6 Å². The average Bonchev–Trinajstić information content (AvgIpc) is 3.16. The van der Waals surface area contributed by atoms with Gasteiger partial charge < -0.3 is 23.7 Å². The highest BCUT2D eigenvalue weighted by Crippen LogP contribution is 2.48. The van der Waals surface area contributed by atoms with E-state index in [4.69, 9.17) is 30.1 Å². The van der Waals surface area contributed by atoms with E-state index in [-0.39, 0.29) is 19.6 Å². The van der Waals surface area contributed by atoms with Gasteiger partial charge in [0.25, 0.3) is 0 Å². The van der Waals surface area contributed by atoms with Crippen molar-refractivity contribution in [2.45, 2.75) is 70.9 Å². The molecular formula is C23H29NO7. The first-order valence-corrected chi connectivity index (χ1v) is 10.3. The fraction of sp³-hybridized carbons (Fsp3) is 0.609. The van der Waals surface area contributed by atoms with Crippen molar-refractivity contribution in [1.82, 2.24) is 4.98 Å². The number of ketones is 1. The standard InChI is InChI=1S/C23H29NO7/c1-7-22(6)17(29-19-18(22)30-21(4,5)31-19)14-28-23(15(3)25,20(26)27-8-2)13-16-9-11-24-12-10-16/h1,9-12,17-19H,8,13-14H2,2-6H3/t17-,18+,19-,22+,23?/m1/s1. The molecule has 0 amide bonds. The molecule has 2 aliphatic heterocycles. The molecule has 1 unspecified atom stereocenters. The SMILES string of the molecule is C#C[C@@]1(C)[C@@H](COC(Cc2ccncc2)(C(C)=O)C(=O)OCC)O[C@@H]2OC(C)(C)O[C@@H]21. The summed E-state index contributed by atoms with van der Waals surface area (Å²) in [4.78, 5) is 29.6. The van der Waals surface area contributed by atoms with Gasteiger partial charge in [0.2, 0.25) is 5.60 Å². The molecule has 3 heterocycles. The van der Waals surface area contributed by atoms with Gasteiger partial charge in [0, 0.05) is 18.8 Å². The van der Waals surface area contributed by atoms with E-state index in [2.05, 4.69) is 10.9 Å². The highest BCUT2D eigenvalue weighted by atomic mass is 16.8. The summed E-state index contributed by atoms with van der Waals surface area (Å²) in [6.07, 6.45) is 7.18. The predicted molar refractivity (Wildman–Crippen MR) is 110 cm³/mol. The molecule has 168 valence electrons. The summed E-state index contributed by atoms with van der Waals surface area (Å²) < 4.78 is 29.0. The molecule has 2 aliphatic rings. The van der Waals surface area contributed by atoms with E-state index in [1.54, 1.807) is 45.3 Å². The highest BCUT2D eigenvalue weighted by Gasteiger charge is 2.61. The Morgan fingerprint density at radius 1 is 1.26 bits per heavy atom. The van der Waals surface area contributed by atoms with Gasteiger partial charge in [0.1, 0.15) is 12.2 Å². The summed E-state index contributed by atoms with van der Waals surface area (Å²) in [5, 5.41) is 0. The molecule has 8 heteroatoms. The van der Waals surface area contributed by atoms with Gasteiger partial charge in [-0.15, -0.1) is 6.42 Å². The fourth-order valence-corrected chi connectivity index (χ4v) is 3.91. The number of esters is 1. The van der Waals surface area contributed by atoms with Crippen molar-refractivity contribution >= 4 is 11.8 Å². The zero-order valence-corrected chi connectivity index (χ0v) is 18.5. The minimum Gasteiger partial charge on any atom is -0.463 e. The summed E-state index contributed by atoms with van der Waals surface area (Å²) in [6, 6.07) is 3.43. The van der Waals surface area contributed by atoms with Crippen LogP contribution in [0.15, 0.2) is 24.5 Å². The zero-order valence-electron chi connectivity index (χ0n) is 18.5. The van der Waals surface area contributed by atoms with Crippen LogP contribution in [-0.2, 0) is 39.7 Å². The summed E-state index contributed by atoms with van der Waals surface area (Å²) in [6.45, 7) is 8.35. The molecule has 0 aliphatic carbocycles. The molecule has 31 heavy (non-hydrogen) atoms. The van der Waals surface area contributed by atoms with Crippen molar-refractivity contribution in [1.29, 1.82) is 0 Å². The lowest BCUT2D eigenvalue weighted by Gasteiger charge is -2.34. The predicted octanol–water partition coefficient (Wildman–Crippen LogP) is 2.05. The maximum absolute atomic E-state index is 12.9. The van der Waals surface area contributed by atoms with E-state index in [0.717, 1.165) is 0 Å². The number of nitrogens with zero attached hydrogens (tertiary/aromatic N) is 1. The number of pyridine rings is 1. The number of Topliss-reactive ketones (excluding diaryl/α,β-unsaturated/α-hetero) is 1. The molecule has 0 N–H and O–H groups in total. The van der Waals surface area contributed by atoms with Gasteiger partial charge in [-0.1, -0.05) is 5.92 Å². The zero-order chi connectivity index (χ0) is 22.9. The van der Waals surface area contributed by atoms with Gasteiger partial charge >= 0.3 is 5.97 Å². The number of hydrogen-bond donors (Lipinski definition) is 0. The minimum atomic E-state index is -1.84. The molecule has 0 bridgehead atoms. The van der Waals surface area contributed by atoms with Crippen LogP contribution in [0.3, 0.4) is 0 Å². The van der Waals surface area contributed by atoms with E-state index < -0.39 is 47.1 Å². The van der Waals surface area contributed by atoms with Gasteiger partial charge in [-0.05, 0) is 52.3 Å². The first-order chi connectivity index (χ1) is 14.6. The molecule has 0 spiro atoms. The van der Waals surface area contributed by atoms with Crippen LogP contribution in [0.2, 0.25) is 0 Å². The van der Waals surface area contributed by atoms with Gasteiger partial charge in [-0.2, -0.15) is 0 Å². The Kier molecular flexibility index (Phi) is 6.53. The largest absolute Gasteiger partial charge is 0.463 e. The Bertz CT molecular complexity index is 864. The summed E-state index contributed by atoms with van der Waals surface area (Å²) in [5.41, 5.74) is -2.02. The van der Waals surface area contributed by atoms with Gasteiger partial charge in [-0.3, -0.25) is 9.78 Å². The van der Waals surface area contributed by atoms with Gasteiger partial charge in [-0.25, -0.2) is 4.79 Å². The second-order valence-corrected chi connectivity index (χ2v) is 8.42. The van der Waals surface area contributed by atoms with Crippen LogP contribution in [0.25, 0.3) is 0 Å². The third-order valence-electron chi connectivity index (χ3n) is 5.78. The third-order valence-corrected chi connectivity index (χ3v) is 5.78. The minimum absolute atomic E-state index is 0.00391. The number of fused-ring (bicyclic) bond motifs is 1. The van der Waals surface area contributed by atoms with Crippen molar-refractivity contribution in [3.8, 4) is 12.3 Å². The van der Waals surface area contributed by atoms with Crippen LogP contribution in [0.4, 0.5) is 0 Å². The third kappa shape index (κ3) is 4.37. The molecule has 5 atom stereocenters. The summed E-state index contributed by atoms with van der Waals surface area (Å²) >= 11 is 0. The fourth-order valence-electron chi connectivity index (χ4n) is 3.91. The molecule has 0 saturated carbocycles. The molecule has 1 aromatic rings. The van der Waals surface area contributed by atoms with Crippen LogP contribution >= 0.6 is 0 Å². The van der Waals surface area contributed by atoms with E-state index >= 15 is 0 Å². The number of carbonyl (C=O) groups is 2. The summed E-state index contributed by atoms with van der Waals surface area (Å²) in [7, 11) is 0. The van der Waals surface area contributed by atoms with Crippen molar-refractivity contribution < 1.29 is 33.3 Å². The molecular weight excluding hydrogens is 402 g/mol. The van der Waals surface area contributed by atoms with Crippen LogP contribution in [0, 0.1) is 17.8 Å². The molecule has 8 nitrogen and oxygen atoms in total. The van der Waals surface area contributed by atoms with Crippen LogP contribution < -0.4 is 0 Å². The number of terminal acetylenes is 1. The van der Waals surface area contributed by atoms with E-state index in [9.17, 15) is 9.59 Å². The Balaban J connectivity index is 1.86. The molecule has 3 rings (SSSR count). The first-order valence-electron chi connectivity index (χ1n) is 10.3. The highest BCUT2D eigenvalue weighted by molar-refractivity contribution is 6.06. The van der Waals surface area contributed by atoms with Crippen molar-refractivity contribution in [3.63, 3.8) is 0 Å². The quantitative estimate of drug-likeness (QED) is 0.351. The average molecular weight is 431 g/mol. The first kappa shape index (κ1) is 23.4. The van der Waals surface area contributed by atoms with Crippen molar-refractivity contribution in [2.75, 3.05) is 13.2 Å². The molecule has 2 saturated heterocycles. The van der Waals surface area contributed by atoms with E-state index in [1.807, 2.05) is 6.92 Å². The molecule has 2 fully saturated rings. The Labute approximate surface area is 182 Å². The van der Waals surface area contributed by atoms with Crippen LogP contribution in [0.5, 0.6) is 0 Å². The number of aromatic nitrogens is 1. The van der Waals surface area contributed by atoms with Gasteiger partial charge in [0.15, 0.2) is 17.9 Å². The van der Waals surface area contributed by atoms with E-state index in [1.165, 1.54) is 6.92 Å². The van der Waals surface area contributed by atoms with E-state index in [0.29, 0.717) is 5.56 Å². The van der Waals surface area contributed by atoms with Crippen LogP contribution in [-0.4, -0.2) is 59.8 Å². The van der Waals surface area contributed by atoms with Crippen molar-refractivity contribution in [3.05, 3.63) is 30.1 Å². The number of ether oxygens (including phenoxy) is 5. The monoisotopic (exact) mass is 431 g/mol. The normalized spacial score (nSPS) is 30.8. The second kappa shape index (κ2) is 8.67. The van der Waals surface area contributed by atoms with Crippen molar-refractivity contribution in [2.24, 2.45) is 5.41 Å². The number of rotatable bonds is 8. The maximum atomic E-state index is 12.9. The number of hydrogen-bond acceptors (Lipinski definition) is 8. The smallest absolute Gasteiger partial charge is 0.346 e. The molecule has 0 radical (unpaired) electrons. The molecule has 1 aromatic heterocycles. The molecule has 0 aromatic carbocycles.